The number of hydrogen-bond acceptors (Lipinski definition) is 2. The van der Waals surface area contributed by atoms with Gasteiger partial charge in [0.15, 0.2) is 0 Å². The fourth-order valence-electron chi connectivity index (χ4n) is 6.09. The van der Waals surface area contributed by atoms with Crippen molar-refractivity contribution >= 4 is 5.78 Å². The van der Waals surface area contributed by atoms with E-state index in [1.807, 2.05) is 0 Å². The first-order chi connectivity index (χ1) is 11.5. The third kappa shape index (κ3) is 2.57. The van der Waals surface area contributed by atoms with Crippen molar-refractivity contribution in [2.75, 3.05) is 6.61 Å². The summed E-state index contributed by atoms with van der Waals surface area (Å²) < 4.78 is 6.00. The van der Waals surface area contributed by atoms with Crippen molar-refractivity contribution in [3.8, 4) is 0 Å². The topological polar surface area (TPSA) is 26.3 Å². The van der Waals surface area contributed by atoms with E-state index in [0.717, 1.165) is 50.0 Å². The third-order valence-electron chi connectivity index (χ3n) is 7.40. The van der Waals surface area contributed by atoms with Crippen LogP contribution in [0.3, 0.4) is 0 Å². The standard InChI is InChI=1S/C22H32O2/c1-14(2)13-24-16-5-7-17-15(12-16)4-6-19-18(17)10-11-22(3)20(19)8-9-21(22)23/h4,12,14,17-20H,5-11,13H2,1-3H3/t17-,18+,19+,20-,22-/m0/s1. The fourth-order valence-corrected chi connectivity index (χ4v) is 6.09. The van der Waals surface area contributed by atoms with Gasteiger partial charge < -0.3 is 4.74 Å². The zero-order valence-electron chi connectivity index (χ0n) is 15.5. The molecule has 0 aliphatic heterocycles. The smallest absolute Gasteiger partial charge is 0.139 e. The summed E-state index contributed by atoms with van der Waals surface area (Å²) in [6.45, 7) is 7.51. The molecule has 0 aromatic carbocycles. The van der Waals surface area contributed by atoms with Crippen LogP contribution in [-0.2, 0) is 9.53 Å². The van der Waals surface area contributed by atoms with E-state index in [1.54, 1.807) is 0 Å². The van der Waals surface area contributed by atoms with Crippen molar-refractivity contribution in [2.24, 2.45) is 35.0 Å². The van der Waals surface area contributed by atoms with Crippen LogP contribution in [0.2, 0.25) is 0 Å². The number of ether oxygens (including phenoxy) is 1. The van der Waals surface area contributed by atoms with Crippen molar-refractivity contribution in [3.05, 3.63) is 23.5 Å². The highest BCUT2D eigenvalue weighted by Crippen LogP contribution is 2.59. The molecule has 0 aromatic heterocycles. The van der Waals surface area contributed by atoms with Gasteiger partial charge in [-0.15, -0.1) is 0 Å². The van der Waals surface area contributed by atoms with Crippen LogP contribution in [0, 0.1) is 35.0 Å². The quantitative estimate of drug-likeness (QED) is 0.703. The maximum atomic E-state index is 12.4. The number of Topliss-reactive ketones (excluding diaryl/α,β-unsaturated/α-hetero) is 1. The van der Waals surface area contributed by atoms with Crippen LogP contribution in [0.15, 0.2) is 23.5 Å². The van der Waals surface area contributed by atoms with Gasteiger partial charge in [0.1, 0.15) is 5.78 Å². The van der Waals surface area contributed by atoms with Crippen LogP contribution < -0.4 is 0 Å². The first-order valence-corrected chi connectivity index (χ1v) is 10.1. The SMILES string of the molecule is CC(C)COC1=CC2=CC[C@@H]3[C@H](CC[C@]4(C)C(=O)CC[C@@H]34)[C@H]2CC1. The lowest BCUT2D eigenvalue weighted by Gasteiger charge is -2.50. The predicted molar refractivity (Wildman–Crippen MR) is 96.3 cm³/mol. The van der Waals surface area contributed by atoms with E-state index in [1.165, 1.54) is 30.6 Å². The fraction of sp³-hybridized carbons (Fsp3) is 0.773. The molecule has 0 spiro atoms. The summed E-state index contributed by atoms with van der Waals surface area (Å²) in [5.41, 5.74) is 1.54. The second-order valence-corrected chi connectivity index (χ2v) is 9.25. The molecule has 0 saturated heterocycles. The largest absolute Gasteiger partial charge is 0.498 e. The van der Waals surface area contributed by atoms with Crippen molar-refractivity contribution in [1.29, 1.82) is 0 Å². The summed E-state index contributed by atoms with van der Waals surface area (Å²) in [7, 11) is 0. The minimum absolute atomic E-state index is 0.00253. The summed E-state index contributed by atoms with van der Waals surface area (Å²) >= 11 is 0. The minimum atomic E-state index is 0.00253. The highest BCUT2D eigenvalue weighted by Gasteiger charge is 2.55. The van der Waals surface area contributed by atoms with Gasteiger partial charge in [-0.05, 0) is 73.3 Å². The Balaban J connectivity index is 1.53. The average Bonchev–Trinajstić information content (AvgIpc) is 2.88. The number of rotatable bonds is 3. The second kappa shape index (κ2) is 6.04. The van der Waals surface area contributed by atoms with E-state index < -0.39 is 0 Å². The van der Waals surface area contributed by atoms with Crippen LogP contribution in [0.4, 0.5) is 0 Å². The van der Waals surface area contributed by atoms with Gasteiger partial charge in [0.25, 0.3) is 0 Å². The third-order valence-corrected chi connectivity index (χ3v) is 7.40. The van der Waals surface area contributed by atoms with E-state index in [2.05, 4.69) is 32.9 Å². The highest BCUT2D eigenvalue weighted by molar-refractivity contribution is 5.87. The summed E-state index contributed by atoms with van der Waals surface area (Å²) in [5, 5.41) is 0. The van der Waals surface area contributed by atoms with E-state index in [-0.39, 0.29) is 5.41 Å². The van der Waals surface area contributed by atoms with Gasteiger partial charge in [0, 0.05) is 18.3 Å². The van der Waals surface area contributed by atoms with E-state index in [9.17, 15) is 4.79 Å². The van der Waals surface area contributed by atoms with Gasteiger partial charge in [-0.1, -0.05) is 26.8 Å². The van der Waals surface area contributed by atoms with Gasteiger partial charge in [0.05, 0.1) is 12.4 Å². The number of carbonyl (C=O) groups excluding carboxylic acids is 1. The normalized spacial score (nSPS) is 41.2. The number of carbonyl (C=O) groups is 1. The Morgan fingerprint density at radius 1 is 1.21 bits per heavy atom. The summed E-state index contributed by atoms with van der Waals surface area (Å²) in [5.74, 6) is 5.24. The van der Waals surface area contributed by atoms with Gasteiger partial charge in [0.2, 0.25) is 0 Å². The van der Waals surface area contributed by atoms with Crippen molar-refractivity contribution < 1.29 is 9.53 Å². The zero-order chi connectivity index (χ0) is 16.9. The lowest BCUT2D eigenvalue weighted by Crippen LogP contribution is -2.45. The number of allylic oxidation sites excluding steroid dienone is 4. The molecular weight excluding hydrogens is 296 g/mol. The number of ketones is 1. The van der Waals surface area contributed by atoms with Crippen molar-refractivity contribution in [3.63, 3.8) is 0 Å². The van der Waals surface area contributed by atoms with Crippen molar-refractivity contribution in [2.45, 2.75) is 65.7 Å². The molecular formula is C22H32O2. The Hall–Kier alpha value is -1.05. The molecule has 0 heterocycles. The molecule has 2 saturated carbocycles. The van der Waals surface area contributed by atoms with E-state index >= 15 is 0 Å². The van der Waals surface area contributed by atoms with E-state index in [0.29, 0.717) is 17.6 Å². The van der Waals surface area contributed by atoms with Crippen LogP contribution in [0.5, 0.6) is 0 Å². The van der Waals surface area contributed by atoms with Crippen molar-refractivity contribution in [1.82, 2.24) is 0 Å². The first kappa shape index (κ1) is 16.4. The molecule has 2 nitrogen and oxygen atoms in total. The van der Waals surface area contributed by atoms with Crippen LogP contribution in [0.1, 0.15) is 65.7 Å². The zero-order valence-corrected chi connectivity index (χ0v) is 15.5. The molecule has 2 fully saturated rings. The number of hydrogen-bond donors (Lipinski definition) is 0. The molecule has 0 aromatic rings. The monoisotopic (exact) mass is 328 g/mol. The molecule has 24 heavy (non-hydrogen) atoms. The predicted octanol–water partition coefficient (Wildman–Crippen LogP) is 5.29. The molecule has 0 N–H and O–H groups in total. The summed E-state index contributed by atoms with van der Waals surface area (Å²) in [4.78, 5) is 12.4. The van der Waals surface area contributed by atoms with Gasteiger partial charge in [-0.25, -0.2) is 0 Å². The lowest BCUT2D eigenvalue weighted by atomic mass is 9.53. The lowest BCUT2D eigenvalue weighted by molar-refractivity contribution is -0.130. The average molecular weight is 328 g/mol. The number of fused-ring (bicyclic) bond motifs is 5. The molecule has 132 valence electrons. The van der Waals surface area contributed by atoms with E-state index in [4.69, 9.17) is 4.74 Å². The Labute approximate surface area is 146 Å². The van der Waals surface area contributed by atoms with Gasteiger partial charge >= 0.3 is 0 Å². The summed E-state index contributed by atoms with van der Waals surface area (Å²) in [6, 6.07) is 0. The molecule has 2 heteroatoms. The molecule has 0 amide bonds. The molecule has 4 rings (SSSR count). The Morgan fingerprint density at radius 2 is 2.04 bits per heavy atom. The molecule has 4 aliphatic carbocycles. The Morgan fingerprint density at radius 3 is 2.83 bits per heavy atom. The molecule has 5 atom stereocenters. The van der Waals surface area contributed by atoms with Gasteiger partial charge in [-0.3, -0.25) is 4.79 Å². The van der Waals surface area contributed by atoms with Crippen LogP contribution in [0.25, 0.3) is 0 Å². The summed E-state index contributed by atoms with van der Waals surface area (Å²) in [6.07, 6.45) is 12.7. The Bertz CT molecular complexity index is 585. The molecule has 0 radical (unpaired) electrons. The maximum absolute atomic E-state index is 12.4. The highest BCUT2D eigenvalue weighted by atomic mass is 16.5. The van der Waals surface area contributed by atoms with Crippen LogP contribution in [-0.4, -0.2) is 12.4 Å². The molecule has 0 unspecified atom stereocenters. The van der Waals surface area contributed by atoms with Crippen LogP contribution >= 0.6 is 0 Å². The van der Waals surface area contributed by atoms with Gasteiger partial charge in [-0.2, -0.15) is 0 Å². The molecule has 0 bridgehead atoms. The second-order valence-electron chi connectivity index (χ2n) is 9.25. The molecule has 4 aliphatic rings. The first-order valence-electron chi connectivity index (χ1n) is 10.1. The maximum Gasteiger partial charge on any atom is 0.139 e. The Kier molecular flexibility index (Phi) is 4.13. The minimum Gasteiger partial charge on any atom is -0.498 e.